The van der Waals surface area contributed by atoms with Gasteiger partial charge in [-0.2, -0.15) is 0 Å². The molecule has 2 aromatic carbocycles. The third kappa shape index (κ3) is 10.2. The minimum atomic E-state index is -3.85. The molecule has 0 spiro atoms. The molecular weight excluding hydrogens is 786 g/mol. The van der Waals surface area contributed by atoms with E-state index < -0.39 is 13.9 Å². The summed E-state index contributed by atoms with van der Waals surface area (Å²) in [6.07, 6.45) is 33.1. The largest absolute Gasteiger partial charge is 0.737 e. The molecule has 0 aliphatic carbocycles. The fourth-order valence-corrected chi connectivity index (χ4v) is 8.92. The zero-order chi connectivity index (χ0) is 43.4. The van der Waals surface area contributed by atoms with E-state index in [-0.39, 0.29) is 0 Å². The quantitative estimate of drug-likeness (QED) is 0.0449. The lowest BCUT2D eigenvalue weighted by Crippen LogP contribution is -2.49. The standard InChI is InChI=1S/2C25H31BF2N2O/c2*1-2-3-4-5-6-7-8-9-20-31-22-16-14-21(15-17-22)25-23-12-10-18-29(23)26(27,28)30-19-11-13-24(25)30/h2*10-19H,2-9,20H2,1H3. The van der Waals surface area contributed by atoms with Gasteiger partial charge in [-0.15, -0.1) is 0 Å². The smallest absolute Gasteiger partial charge is 0.494 e. The van der Waals surface area contributed by atoms with Crippen molar-refractivity contribution in [3.8, 4) is 11.5 Å². The number of ether oxygens (including phenoxy) is 2. The van der Waals surface area contributed by atoms with Crippen molar-refractivity contribution in [2.24, 2.45) is 0 Å². The van der Waals surface area contributed by atoms with Crippen LogP contribution in [-0.2, 0) is 0 Å². The molecule has 0 saturated carbocycles. The van der Waals surface area contributed by atoms with Gasteiger partial charge < -0.3 is 44.7 Å². The van der Waals surface area contributed by atoms with Gasteiger partial charge in [-0.1, -0.05) is 128 Å². The number of halogens is 4. The van der Waals surface area contributed by atoms with E-state index >= 15 is 0 Å². The van der Waals surface area contributed by atoms with Crippen molar-refractivity contribution < 1.29 is 35.7 Å². The Morgan fingerprint density at radius 3 is 1.19 bits per heavy atom. The predicted molar refractivity (Wildman–Crippen MR) is 248 cm³/mol. The molecule has 0 saturated heterocycles. The molecule has 0 fully saturated rings. The molecule has 0 bridgehead atoms. The van der Waals surface area contributed by atoms with Crippen molar-refractivity contribution in [1.29, 1.82) is 0 Å². The zero-order valence-electron chi connectivity index (χ0n) is 36.5. The molecule has 328 valence electrons. The van der Waals surface area contributed by atoms with Gasteiger partial charge in [0, 0.05) is 35.7 Å². The summed E-state index contributed by atoms with van der Waals surface area (Å²) in [6.45, 7) is -1.80. The third-order valence-electron chi connectivity index (χ3n) is 12.3. The molecule has 0 amide bonds. The van der Waals surface area contributed by atoms with Crippen LogP contribution in [0.15, 0.2) is 121 Å². The monoisotopic (exact) mass is 848 g/mol. The molecule has 4 aliphatic heterocycles. The van der Waals surface area contributed by atoms with Crippen LogP contribution < -0.4 is 9.47 Å². The van der Waals surface area contributed by atoms with Crippen LogP contribution in [0.2, 0.25) is 0 Å². The SMILES string of the molecule is CCCCCCCCCCOc1ccc(C2=C3C=CC=[N+]3[B-](F)(F)n3cccc32)cc1.CCCCCCCCCCOc1ccc(C2=C3C=CC=[N+]3[B-](F)(F)n3cccc32)cc1. The average Bonchev–Trinajstić information content (AvgIpc) is 4.13. The molecule has 0 radical (unpaired) electrons. The Hall–Kier alpha value is -5.25. The summed E-state index contributed by atoms with van der Waals surface area (Å²) in [7, 11) is 0. The highest BCUT2D eigenvalue weighted by Gasteiger charge is 2.52. The molecule has 0 atom stereocenters. The van der Waals surface area contributed by atoms with Gasteiger partial charge in [0.1, 0.15) is 23.9 Å². The lowest BCUT2D eigenvalue weighted by Gasteiger charge is -2.30. The molecular formula is C50H62B2F4N4O2. The first-order valence-corrected chi connectivity index (χ1v) is 23.2. The van der Waals surface area contributed by atoms with Crippen molar-refractivity contribution >= 4 is 37.5 Å². The average molecular weight is 849 g/mol. The normalized spacial score (nSPS) is 16.3. The van der Waals surface area contributed by atoms with Gasteiger partial charge >= 0.3 is 13.9 Å². The van der Waals surface area contributed by atoms with Gasteiger partial charge in [0.15, 0.2) is 11.4 Å². The van der Waals surface area contributed by atoms with Crippen LogP contribution in [0, 0.1) is 0 Å². The van der Waals surface area contributed by atoms with Gasteiger partial charge in [-0.3, -0.25) is 0 Å². The van der Waals surface area contributed by atoms with Gasteiger partial charge in [0.2, 0.25) is 0 Å². The fraction of sp³-hybridized carbons (Fsp3) is 0.400. The highest BCUT2D eigenvalue weighted by molar-refractivity contribution is 6.58. The molecule has 8 rings (SSSR count). The van der Waals surface area contributed by atoms with Crippen LogP contribution in [0.3, 0.4) is 0 Å². The number of fused-ring (bicyclic) bond motifs is 4. The van der Waals surface area contributed by atoms with Crippen molar-refractivity contribution in [2.45, 2.75) is 117 Å². The highest BCUT2D eigenvalue weighted by Crippen LogP contribution is 2.40. The van der Waals surface area contributed by atoms with Gasteiger partial charge in [-0.05, 0) is 84.9 Å². The third-order valence-corrected chi connectivity index (χ3v) is 12.3. The Bertz CT molecular complexity index is 2140. The van der Waals surface area contributed by atoms with Gasteiger partial charge in [0.25, 0.3) is 0 Å². The van der Waals surface area contributed by atoms with Crippen LogP contribution in [0.25, 0.3) is 11.1 Å². The molecule has 6 heterocycles. The topological polar surface area (TPSA) is 34.3 Å². The van der Waals surface area contributed by atoms with E-state index in [1.54, 1.807) is 48.6 Å². The van der Waals surface area contributed by atoms with E-state index in [4.69, 9.17) is 9.47 Å². The van der Waals surface area contributed by atoms with E-state index in [1.165, 1.54) is 115 Å². The molecule has 12 heteroatoms. The van der Waals surface area contributed by atoms with E-state index in [2.05, 4.69) is 13.8 Å². The number of hydrogen-bond donors (Lipinski definition) is 0. The number of unbranched alkanes of at least 4 members (excludes halogenated alkanes) is 14. The van der Waals surface area contributed by atoms with Crippen LogP contribution in [0.1, 0.15) is 139 Å². The summed E-state index contributed by atoms with van der Waals surface area (Å²) in [4.78, 5) is 0. The number of allylic oxidation sites excluding steroid dienone is 4. The van der Waals surface area contributed by atoms with Crippen LogP contribution in [0.4, 0.5) is 17.3 Å². The first kappa shape index (κ1) is 44.8. The molecule has 4 aliphatic rings. The second kappa shape index (κ2) is 21.2. The van der Waals surface area contributed by atoms with Crippen LogP contribution >= 0.6 is 0 Å². The Kier molecular flexibility index (Phi) is 15.3. The number of aromatic nitrogens is 2. The van der Waals surface area contributed by atoms with Gasteiger partial charge in [0.05, 0.1) is 24.4 Å². The summed E-state index contributed by atoms with van der Waals surface area (Å²) in [5.74, 6) is 1.65. The second-order valence-corrected chi connectivity index (χ2v) is 16.8. The van der Waals surface area contributed by atoms with E-state index in [0.717, 1.165) is 64.5 Å². The molecule has 0 unspecified atom stereocenters. The maximum absolute atomic E-state index is 14.9. The lowest BCUT2D eigenvalue weighted by atomic mass is 9.86. The minimum Gasteiger partial charge on any atom is -0.494 e. The van der Waals surface area contributed by atoms with E-state index in [1.807, 2.05) is 48.5 Å². The summed E-state index contributed by atoms with van der Waals surface area (Å²) < 4.78 is 75.6. The molecule has 4 aromatic rings. The van der Waals surface area contributed by atoms with Crippen molar-refractivity contribution in [3.63, 3.8) is 0 Å². The summed E-state index contributed by atoms with van der Waals surface area (Å²) in [6, 6.07) is 22.5. The van der Waals surface area contributed by atoms with Crippen LogP contribution in [-0.4, -0.2) is 57.5 Å². The molecule has 62 heavy (non-hydrogen) atoms. The number of rotatable bonds is 22. The highest BCUT2D eigenvalue weighted by atomic mass is 19.3. The zero-order valence-corrected chi connectivity index (χ0v) is 36.5. The Balaban J connectivity index is 0.000000186. The summed E-state index contributed by atoms with van der Waals surface area (Å²) >= 11 is 0. The minimum absolute atomic E-state index is 0.545. The maximum atomic E-state index is 14.9. The van der Waals surface area contributed by atoms with Crippen molar-refractivity contribution in [3.05, 3.63) is 143 Å². The number of hydrogen-bond acceptors (Lipinski definition) is 2. The summed E-state index contributed by atoms with van der Waals surface area (Å²) in [5, 5.41) is 0. The first-order valence-electron chi connectivity index (χ1n) is 23.2. The van der Waals surface area contributed by atoms with Crippen LogP contribution in [0.5, 0.6) is 11.5 Å². The number of benzene rings is 2. The Labute approximate surface area is 365 Å². The van der Waals surface area contributed by atoms with Crippen molar-refractivity contribution in [2.75, 3.05) is 13.2 Å². The summed E-state index contributed by atoms with van der Waals surface area (Å²) in [5.41, 5.74) is 5.63. The fourth-order valence-electron chi connectivity index (χ4n) is 8.92. The number of nitrogens with zero attached hydrogens (tertiary/aromatic N) is 4. The van der Waals surface area contributed by atoms with Crippen molar-refractivity contribution in [1.82, 2.24) is 8.96 Å². The Morgan fingerprint density at radius 1 is 0.468 bits per heavy atom. The molecule has 0 N–H and O–H groups in total. The lowest BCUT2D eigenvalue weighted by molar-refractivity contribution is -0.357. The van der Waals surface area contributed by atoms with E-state index in [0.29, 0.717) is 36.0 Å². The van der Waals surface area contributed by atoms with E-state index in [9.17, 15) is 17.3 Å². The maximum Gasteiger partial charge on any atom is 0.737 e. The second-order valence-electron chi connectivity index (χ2n) is 16.8. The molecule has 2 aromatic heterocycles. The molecule has 6 nitrogen and oxygen atoms in total. The predicted octanol–water partition coefficient (Wildman–Crippen LogP) is 13.3. The van der Waals surface area contributed by atoms with Gasteiger partial charge in [-0.25, -0.2) is 0 Å². The Morgan fingerprint density at radius 2 is 0.823 bits per heavy atom. The first-order chi connectivity index (χ1) is 30.3.